The minimum Gasteiger partial charge on any atom is -0.453 e. The minimum absolute atomic E-state index is 0.577. The van der Waals surface area contributed by atoms with Crippen molar-refractivity contribution in [3.63, 3.8) is 0 Å². The molecule has 0 saturated carbocycles. The Labute approximate surface area is 123 Å². The van der Waals surface area contributed by atoms with Gasteiger partial charge >= 0.3 is 0 Å². The van der Waals surface area contributed by atoms with Crippen LogP contribution in [0.5, 0.6) is 11.5 Å². The molecule has 0 spiro atoms. The summed E-state index contributed by atoms with van der Waals surface area (Å²) in [7, 11) is 0. The van der Waals surface area contributed by atoms with Gasteiger partial charge in [0.2, 0.25) is 0 Å². The predicted molar refractivity (Wildman–Crippen MR) is 78.2 cm³/mol. The normalized spacial score (nSPS) is 18.1. The molecule has 1 atom stereocenters. The Morgan fingerprint density at radius 1 is 1.25 bits per heavy atom. The first-order chi connectivity index (χ1) is 9.81. The standard InChI is InChI=1S/C15H16ClN3O/c16-13-3-1-2-4-14(13)20-12-9-18-15(19-10-12)7-11-5-6-17-8-11/h1-4,9-11,17H,5-8H2. The molecular formula is C15H16ClN3O. The lowest BCUT2D eigenvalue weighted by molar-refractivity contribution is 0.474. The molecule has 4 nitrogen and oxygen atoms in total. The number of nitrogens with zero attached hydrogens (tertiary/aromatic N) is 2. The van der Waals surface area contributed by atoms with E-state index in [0.717, 1.165) is 25.3 Å². The second-order valence-corrected chi connectivity index (χ2v) is 5.34. The third kappa shape index (κ3) is 3.26. The number of benzene rings is 1. The zero-order chi connectivity index (χ0) is 13.8. The van der Waals surface area contributed by atoms with Crippen LogP contribution in [0.4, 0.5) is 0 Å². The summed E-state index contributed by atoms with van der Waals surface area (Å²) in [5, 5.41) is 3.93. The zero-order valence-electron chi connectivity index (χ0n) is 11.1. The van der Waals surface area contributed by atoms with Crippen LogP contribution in [0.3, 0.4) is 0 Å². The summed E-state index contributed by atoms with van der Waals surface area (Å²) < 4.78 is 5.66. The average Bonchev–Trinajstić information content (AvgIpc) is 2.96. The Morgan fingerprint density at radius 2 is 2.05 bits per heavy atom. The van der Waals surface area contributed by atoms with Gasteiger partial charge in [-0.2, -0.15) is 0 Å². The van der Waals surface area contributed by atoms with Gasteiger partial charge in [-0.3, -0.25) is 0 Å². The van der Waals surface area contributed by atoms with Crippen molar-refractivity contribution in [2.45, 2.75) is 12.8 Å². The van der Waals surface area contributed by atoms with Crippen molar-refractivity contribution in [3.8, 4) is 11.5 Å². The van der Waals surface area contributed by atoms with Gasteiger partial charge in [0.1, 0.15) is 11.6 Å². The maximum atomic E-state index is 6.05. The fourth-order valence-corrected chi connectivity index (χ4v) is 2.48. The van der Waals surface area contributed by atoms with E-state index in [9.17, 15) is 0 Å². The predicted octanol–water partition coefficient (Wildman–Crippen LogP) is 3.07. The Hall–Kier alpha value is -1.65. The van der Waals surface area contributed by atoms with Gasteiger partial charge in [-0.15, -0.1) is 0 Å². The van der Waals surface area contributed by atoms with Crippen LogP contribution in [-0.2, 0) is 6.42 Å². The maximum Gasteiger partial charge on any atom is 0.164 e. The first-order valence-corrected chi connectivity index (χ1v) is 7.13. The van der Waals surface area contributed by atoms with Gasteiger partial charge in [-0.25, -0.2) is 9.97 Å². The molecule has 2 heterocycles. The highest BCUT2D eigenvalue weighted by atomic mass is 35.5. The van der Waals surface area contributed by atoms with Gasteiger partial charge in [-0.05, 0) is 37.6 Å². The second-order valence-electron chi connectivity index (χ2n) is 4.93. The van der Waals surface area contributed by atoms with Crippen LogP contribution in [0.2, 0.25) is 5.02 Å². The van der Waals surface area contributed by atoms with E-state index >= 15 is 0 Å². The SMILES string of the molecule is Clc1ccccc1Oc1cnc(CC2CCNC2)nc1. The molecule has 0 radical (unpaired) electrons. The average molecular weight is 290 g/mol. The number of aromatic nitrogens is 2. The van der Waals surface area contributed by atoms with Crippen molar-refractivity contribution in [3.05, 3.63) is 47.5 Å². The molecular weight excluding hydrogens is 274 g/mol. The fraction of sp³-hybridized carbons (Fsp3) is 0.333. The molecule has 3 rings (SSSR count). The van der Waals surface area contributed by atoms with Gasteiger partial charge in [0.25, 0.3) is 0 Å². The van der Waals surface area contributed by atoms with E-state index in [-0.39, 0.29) is 0 Å². The summed E-state index contributed by atoms with van der Waals surface area (Å²) in [4.78, 5) is 8.72. The van der Waals surface area contributed by atoms with Crippen LogP contribution in [-0.4, -0.2) is 23.1 Å². The monoisotopic (exact) mass is 289 g/mol. The van der Waals surface area contributed by atoms with Gasteiger partial charge < -0.3 is 10.1 Å². The highest BCUT2D eigenvalue weighted by molar-refractivity contribution is 6.32. The summed E-state index contributed by atoms with van der Waals surface area (Å²) in [6, 6.07) is 7.35. The molecule has 5 heteroatoms. The molecule has 1 aliphatic heterocycles. The lowest BCUT2D eigenvalue weighted by atomic mass is 10.1. The number of hydrogen-bond acceptors (Lipinski definition) is 4. The van der Waals surface area contributed by atoms with Crippen molar-refractivity contribution in [1.82, 2.24) is 15.3 Å². The van der Waals surface area contributed by atoms with Crippen molar-refractivity contribution in [1.29, 1.82) is 0 Å². The third-order valence-electron chi connectivity index (χ3n) is 3.38. The first kappa shape index (κ1) is 13.3. The maximum absolute atomic E-state index is 6.05. The van der Waals surface area contributed by atoms with Crippen LogP contribution < -0.4 is 10.1 Å². The summed E-state index contributed by atoms with van der Waals surface area (Å²) in [6.45, 7) is 2.15. The van der Waals surface area contributed by atoms with E-state index in [1.807, 2.05) is 18.2 Å². The fourth-order valence-electron chi connectivity index (χ4n) is 2.30. The lowest BCUT2D eigenvalue weighted by Crippen LogP contribution is -2.12. The van der Waals surface area contributed by atoms with E-state index in [1.165, 1.54) is 6.42 Å². The van der Waals surface area contributed by atoms with Gasteiger partial charge in [0.15, 0.2) is 5.75 Å². The number of rotatable bonds is 4. The number of halogens is 1. The van der Waals surface area contributed by atoms with Crippen LogP contribution in [0, 0.1) is 5.92 Å². The topological polar surface area (TPSA) is 47.0 Å². The van der Waals surface area contributed by atoms with E-state index in [2.05, 4.69) is 15.3 Å². The Morgan fingerprint density at radius 3 is 2.75 bits per heavy atom. The molecule has 1 aliphatic rings. The molecule has 20 heavy (non-hydrogen) atoms. The summed E-state index contributed by atoms with van der Waals surface area (Å²) in [5.74, 6) is 2.73. The lowest BCUT2D eigenvalue weighted by Gasteiger charge is -2.09. The second kappa shape index (κ2) is 6.20. The Kier molecular flexibility index (Phi) is 4.14. The Balaban J connectivity index is 1.65. The number of hydrogen-bond donors (Lipinski definition) is 1. The van der Waals surface area contributed by atoms with Crippen molar-refractivity contribution in [2.24, 2.45) is 5.92 Å². The molecule has 104 valence electrons. The van der Waals surface area contributed by atoms with Crippen LogP contribution in [0.25, 0.3) is 0 Å². The number of ether oxygens (including phenoxy) is 1. The molecule has 1 N–H and O–H groups in total. The summed E-state index contributed by atoms with van der Waals surface area (Å²) >= 11 is 6.05. The van der Waals surface area contributed by atoms with Crippen LogP contribution in [0.1, 0.15) is 12.2 Å². The largest absolute Gasteiger partial charge is 0.453 e. The molecule has 0 bridgehead atoms. The molecule has 0 aliphatic carbocycles. The number of para-hydroxylation sites is 1. The molecule has 0 amide bonds. The first-order valence-electron chi connectivity index (χ1n) is 6.75. The van der Waals surface area contributed by atoms with Crippen molar-refractivity contribution in [2.75, 3.05) is 13.1 Å². The molecule has 1 aromatic carbocycles. The smallest absolute Gasteiger partial charge is 0.164 e. The van der Waals surface area contributed by atoms with Crippen molar-refractivity contribution >= 4 is 11.6 Å². The van der Waals surface area contributed by atoms with E-state index in [1.54, 1.807) is 18.5 Å². The van der Waals surface area contributed by atoms with E-state index < -0.39 is 0 Å². The molecule has 1 unspecified atom stereocenters. The molecule has 1 fully saturated rings. The molecule has 1 aromatic heterocycles. The zero-order valence-corrected chi connectivity index (χ0v) is 11.8. The molecule has 1 saturated heterocycles. The highest BCUT2D eigenvalue weighted by Gasteiger charge is 2.16. The summed E-state index contributed by atoms with van der Waals surface area (Å²) in [6.07, 6.45) is 5.52. The van der Waals surface area contributed by atoms with Crippen LogP contribution >= 0.6 is 11.6 Å². The molecule has 2 aromatic rings. The van der Waals surface area contributed by atoms with Gasteiger partial charge in [0.05, 0.1) is 17.4 Å². The van der Waals surface area contributed by atoms with Gasteiger partial charge in [0, 0.05) is 6.42 Å². The van der Waals surface area contributed by atoms with Crippen LogP contribution in [0.15, 0.2) is 36.7 Å². The van der Waals surface area contributed by atoms with Crippen molar-refractivity contribution < 1.29 is 4.74 Å². The van der Waals surface area contributed by atoms with E-state index in [0.29, 0.717) is 22.4 Å². The quantitative estimate of drug-likeness (QED) is 0.940. The number of nitrogens with one attached hydrogen (secondary N) is 1. The summed E-state index contributed by atoms with van der Waals surface area (Å²) in [5.41, 5.74) is 0. The minimum atomic E-state index is 0.577. The third-order valence-corrected chi connectivity index (χ3v) is 3.69. The Bertz CT molecular complexity index is 568. The highest BCUT2D eigenvalue weighted by Crippen LogP contribution is 2.28. The van der Waals surface area contributed by atoms with E-state index in [4.69, 9.17) is 16.3 Å². The van der Waals surface area contributed by atoms with Gasteiger partial charge in [-0.1, -0.05) is 23.7 Å².